The summed E-state index contributed by atoms with van der Waals surface area (Å²) in [4.78, 5) is 12.5. The van der Waals surface area contributed by atoms with Crippen LogP contribution in [0.25, 0.3) is 11.3 Å². The standard InChI is InChI=1S/C15H16N4O/c1-10(2)13-16-17-14-15(20)18(8-9-19(13)14)12-6-4-11(3)5-7-12/h4-10H,1-3H3. The Bertz CT molecular complexity index is 812. The largest absolute Gasteiger partial charge is 0.300 e. The van der Waals surface area contributed by atoms with E-state index >= 15 is 0 Å². The van der Waals surface area contributed by atoms with Crippen molar-refractivity contribution in [3.63, 3.8) is 0 Å². The monoisotopic (exact) mass is 268 g/mol. The molecular formula is C15H16N4O. The van der Waals surface area contributed by atoms with E-state index in [1.807, 2.05) is 51.2 Å². The Morgan fingerprint density at radius 3 is 2.40 bits per heavy atom. The number of fused-ring (bicyclic) bond motifs is 1. The van der Waals surface area contributed by atoms with Crippen molar-refractivity contribution in [1.82, 2.24) is 19.2 Å². The van der Waals surface area contributed by atoms with Gasteiger partial charge in [-0.05, 0) is 19.1 Å². The van der Waals surface area contributed by atoms with Gasteiger partial charge in [0.2, 0.25) is 5.65 Å². The third-order valence-corrected chi connectivity index (χ3v) is 3.33. The average Bonchev–Trinajstić information content (AvgIpc) is 2.85. The van der Waals surface area contributed by atoms with E-state index in [1.54, 1.807) is 15.2 Å². The lowest BCUT2D eigenvalue weighted by molar-refractivity contribution is 0.756. The maximum atomic E-state index is 12.5. The first-order valence-corrected chi connectivity index (χ1v) is 6.61. The second-order valence-corrected chi connectivity index (χ2v) is 5.22. The van der Waals surface area contributed by atoms with Crippen molar-refractivity contribution in [3.05, 3.63) is 58.4 Å². The fourth-order valence-electron chi connectivity index (χ4n) is 2.21. The summed E-state index contributed by atoms with van der Waals surface area (Å²) < 4.78 is 3.35. The molecule has 0 atom stereocenters. The van der Waals surface area contributed by atoms with Crippen molar-refractivity contribution in [2.24, 2.45) is 0 Å². The van der Waals surface area contributed by atoms with Gasteiger partial charge in [0.25, 0.3) is 0 Å². The van der Waals surface area contributed by atoms with Crippen LogP contribution in [0.15, 0.2) is 41.5 Å². The van der Waals surface area contributed by atoms with Crippen LogP contribution in [0.4, 0.5) is 0 Å². The lowest BCUT2D eigenvalue weighted by Gasteiger charge is -2.07. The number of aromatic nitrogens is 4. The van der Waals surface area contributed by atoms with Crippen molar-refractivity contribution >= 4 is 5.65 Å². The second-order valence-electron chi connectivity index (χ2n) is 5.22. The van der Waals surface area contributed by atoms with Crippen LogP contribution in [0.5, 0.6) is 0 Å². The van der Waals surface area contributed by atoms with Crippen LogP contribution in [0.3, 0.4) is 0 Å². The summed E-state index contributed by atoms with van der Waals surface area (Å²) >= 11 is 0. The molecule has 3 rings (SSSR count). The molecule has 0 aliphatic carbocycles. The molecule has 0 fully saturated rings. The van der Waals surface area contributed by atoms with Gasteiger partial charge >= 0.3 is 5.56 Å². The van der Waals surface area contributed by atoms with E-state index in [9.17, 15) is 4.79 Å². The van der Waals surface area contributed by atoms with E-state index in [0.29, 0.717) is 5.65 Å². The quantitative estimate of drug-likeness (QED) is 0.716. The highest BCUT2D eigenvalue weighted by Gasteiger charge is 2.13. The summed E-state index contributed by atoms with van der Waals surface area (Å²) in [7, 11) is 0. The van der Waals surface area contributed by atoms with Crippen molar-refractivity contribution < 1.29 is 0 Å². The molecule has 5 heteroatoms. The first-order valence-electron chi connectivity index (χ1n) is 6.61. The highest BCUT2D eigenvalue weighted by atomic mass is 16.1. The predicted octanol–water partition coefficient (Wildman–Crippen LogP) is 2.31. The molecule has 0 amide bonds. The molecule has 20 heavy (non-hydrogen) atoms. The Kier molecular flexibility index (Phi) is 2.89. The Morgan fingerprint density at radius 1 is 1.05 bits per heavy atom. The van der Waals surface area contributed by atoms with Gasteiger partial charge in [0.05, 0.1) is 0 Å². The number of nitrogens with zero attached hydrogens (tertiary/aromatic N) is 4. The van der Waals surface area contributed by atoms with Gasteiger partial charge in [-0.25, -0.2) is 0 Å². The van der Waals surface area contributed by atoms with Gasteiger partial charge in [-0.1, -0.05) is 31.5 Å². The molecule has 0 aliphatic rings. The fourth-order valence-corrected chi connectivity index (χ4v) is 2.21. The summed E-state index contributed by atoms with van der Waals surface area (Å²) in [5.41, 5.74) is 2.19. The molecule has 0 saturated carbocycles. The molecule has 3 aromatic rings. The molecule has 2 heterocycles. The zero-order chi connectivity index (χ0) is 14.3. The maximum absolute atomic E-state index is 12.5. The van der Waals surface area contributed by atoms with Gasteiger partial charge in [0.1, 0.15) is 5.82 Å². The van der Waals surface area contributed by atoms with Crippen LogP contribution in [-0.4, -0.2) is 19.2 Å². The Morgan fingerprint density at radius 2 is 1.75 bits per heavy atom. The highest BCUT2D eigenvalue weighted by Crippen LogP contribution is 2.12. The predicted molar refractivity (Wildman–Crippen MR) is 77.4 cm³/mol. The van der Waals surface area contributed by atoms with Gasteiger partial charge in [-0.3, -0.25) is 13.8 Å². The van der Waals surface area contributed by atoms with Crippen LogP contribution < -0.4 is 5.56 Å². The third kappa shape index (κ3) is 1.91. The molecule has 1 aromatic carbocycles. The topological polar surface area (TPSA) is 52.2 Å². The zero-order valence-electron chi connectivity index (χ0n) is 11.7. The lowest BCUT2D eigenvalue weighted by atomic mass is 10.2. The van der Waals surface area contributed by atoms with Gasteiger partial charge in [-0.2, -0.15) is 0 Å². The summed E-state index contributed by atoms with van der Waals surface area (Å²) in [6, 6.07) is 7.81. The average molecular weight is 268 g/mol. The molecular weight excluding hydrogens is 252 g/mol. The van der Waals surface area contributed by atoms with E-state index in [4.69, 9.17) is 0 Å². The first kappa shape index (κ1) is 12.6. The van der Waals surface area contributed by atoms with Gasteiger partial charge in [0.15, 0.2) is 0 Å². The molecule has 0 N–H and O–H groups in total. The van der Waals surface area contributed by atoms with Crippen LogP contribution in [0.2, 0.25) is 0 Å². The van der Waals surface area contributed by atoms with Crippen LogP contribution in [0, 0.1) is 6.92 Å². The zero-order valence-corrected chi connectivity index (χ0v) is 11.7. The van der Waals surface area contributed by atoms with Gasteiger partial charge in [0, 0.05) is 24.0 Å². The van der Waals surface area contributed by atoms with E-state index in [-0.39, 0.29) is 11.5 Å². The number of benzene rings is 1. The normalized spacial score (nSPS) is 11.4. The minimum atomic E-state index is -0.157. The molecule has 0 aliphatic heterocycles. The summed E-state index contributed by atoms with van der Waals surface area (Å²) in [6.45, 7) is 6.08. The summed E-state index contributed by atoms with van der Waals surface area (Å²) in [5, 5.41) is 8.13. The molecule has 0 bridgehead atoms. The Balaban J connectivity index is 2.22. The van der Waals surface area contributed by atoms with Crippen LogP contribution in [-0.2, 0) is 0 Å². The van der Waals surface area contributed by atoms with Crippen molar-refractivity contribution in [3.8, 4) is 5.69 Å². The second kappa shape index (κ2) is 4.59. The number of hydrogen-bond acceptors (Lipinski definition) is 3. The van der Waals surface area contributed by atoms with E-state index in [1.165, 1.54) is 0 Å². The Labute approximate surface area is 116 Å². The van der Waals surface area contributed by atoms with E-state index in [2.05, 4.69) is 10.2 Å². The minimum absolute atomic E-state index is 0.157. The molecule has 2 aromatic heterocycles. The maximum Gasteiger partial charge on any atom is 0.300 e. The van der Waals surface area contributed by atoms with Crippen LogP contribution in [0.1, 0.15) is 31.2 Å². The summed E-state index contributed by atoms with van der Waals surface area (Å²) in [6.07, 6.45) is 3.60. The number of aryl methyl sites for hydroxylation is 1. The van der Waals surface area contributed by atoms with Crippen molar-refractivity contribution in [2.45, 2.75) is 26.7 Å². The van der Waals surface area contributed by atoms with Crippen molar-refractivity contribution in [2.75, 3.05) is 0 Å². The van der Waals surface area contributed by atoms with Crippen LogP contribution >= 0.6 is 0 Å². The smallest absolute Gasteiger partial charge is 0.280 e. The molecule has 0 unspecified atom stereocenters. The molecule has 5 nitrogen and oxygen atoms in total. The summed E-state index contributed by atoms with van der Waals surface area (Å²) in [5.74, 6) is 1.02. The Hall–Kier alpha value is -2.43. The molecule has 0 radical (unpaired) electrons. The first-order chi connectivity index (χ1) is 9.58. The third-order valence-electron chi connectivity index (χ3n) is 3.33. The van der Waals surface area contributed by atoms with Crippen molar-refractivity contribution in [1.29, 1.82) is 0 Å². The fraction of sp³-hybridized carbons (Fsp3) is 0.267. The van der Waals surface area contributed by atoms with Gasteiger partial charge < -0.3 is 0 Å². The molecule has 0 saturated heterocycles. The number of rotatable bonds is 2. The minimum Gasteiger partial charge on any atom is -0.280 e. The van der Waals surface area contributed by atoms with Gasteiger partial charge in [-0.15, -0.1) is 10.2 Å². The molecule has 102 valence electrons. The highest BCUT2D eigenvalue weighted by molar-refractivity contribution is 5.41. The molecule has 0 spiro atoms. The number of hydrogen-bond donors (Lipinski definition) is 0. The van der Waals surface area contributed by atoms with E-state index in [0.717, 1.165) is 17.1 Å². The lowest BCUT2D eigenvalue weighted by Crippen LogP contribution is -2.20. The SMILES string of the molecule is Cc1ccc(-n2ccn3c(C(C)C)nnc3c2=O)cc1. The van der Waals surface area contributed by atoms with E-state index < -0.39 is 0 Å².